The normalized spacial score (nSPS) is 21.5. The fourth-order valence-electron chi connectivity index (χ4n) is 4.00. The van der Waals surface area contributed by atoms with Gasteiger partial charge in [-0.3, -0.25) is 4.98 Å². The first-order chi connectivity index (χ1) is 12.6. The maximum atomic E-state index is 11.7. The zero-order chi connectivity index (χ0) is 18.7. The molecular weight excluding hydrogens is 356 g/mol. The van der Waals surface area contributed by atoms with Crippen molar-refractivity contribution in [1.29, 1.82) is 0 Å². The van der Waals surface area contributed by atoms with Gasteiger partial charge in [-0.25, -0.2) is 0 Å². The van der Waals surface area contributed by atoms with Crippen molar-refractivity contribution >= 4 is 28.5 Å². The summed E-state index contributed by atoms with van der Waals surface area (Å²) in [6.07, 6.45) is 2.68. The summed E-state index contributed by atoms with van der Waals surface area (Å²) >= 11 is 6.51. The van der Waals surface area contributed by atoms with E-state index in [1.54, 1.807) is 13.3 Å². The lowest BCUT2D eigenvalue weighted by Crippen LogP contribution is -2.48. The first kappa shape index (κ1) is 18.9. The first-order valence-electron chi connectivity index (χ1n) is 8.71. The highest BCUT2D eigenvalue weighted by molar-refractivity contribution is 6.32. The molecule has 1 aromatic heterocycles. The number of nitrogens with zero attached hydrogens (tertiary/aromatic N) is 1. The van der Waals surface area contributed by atoms with Crippen LogP contribution in [0, 0.1) is 11.8 Å². The number of aliphatic hydroxyl groups excluding tert-OH is 1. The Morgan fingerprint density at radius 1 is 1.54 bits per heavy atom. The van der Waals surface area contributed by atoms with E-state index >= 15 is 0 Å². The fraction of sp³-hybridized carbons (Fsp3) is 0.474. The second-order valence-electron chi connectivity index (χ2n) is 6.60. The Morgan fingerprint density at radius 3 is 3.04 bits per heavy atom. The number of aliphatic carboxylic acids is 1. The summed E-state index contributed by atoms with van der Waals surface area (Å²) in [5, 5.41) is 25.7. The van der Waals surface area contributed by atoms with E-state index in [1.165, 1.54) is 0 Å². The maximum absolute atomic E-state index is 11.7. The number of ether oxygens (including phenoxy) is 1. The summed E-state index contributed by atoms with van der Waals surface area (Å²) in [5.74, 6) is -1.42. The molecular formula is C19H22ClN2O4-. The summed E-state index contributed by atoms with van der Waals surface area (Å²) < 4.78 is 5.33. The number of hydrogen-bond donors (Lipinski definition) is 2. The van der Waals surface area contributed by atoms with Gasteiger partial charge in [-0.2, -0.15) is 0 Å². The van der Waals surface area contributed by atoms with Crippen molar-refractivity contribution in [3.63, 3.8) is 0 Å². The highest BCUT2D eigenvalue weighted by Crippen LogP contribution is 2.43. The number of pyridine rings is 1. The molecule has 0 radical (unpaired) electrons. The predicted molar refractivity (Wildman–Crippen MR) is 97.2 cm³/mol. The molecule has 0 amide bonds. The van der Waals surface area contributed by atoms with Crippen LogP contribution in [0.2, 0.25) is 5.02 Å². The van der Waals surface area contributed by atoms with E-state index in [-0.39, 0.29) is 18.4 Å². The number of hydrogen-bond acceptors (Lipinski definition) is 6. The van der Waals surface area contributed by atoms with Gasteiger partial charge in [0.15, 0.2) is 0 Å². The lowest BCUT2D eigenvalue weighted by molar-refractivity contribution is -0.314. The van der Waals surface area contributed by atoms with Crippen LogP contribution in [-0.4, -0.2) is 42.9 Å². The number of benzene rings is 1. The van der Waals surface area contributed by atoms with E-state index in [0.29, 0.717) is 30.2 Å². The third kappa shape index (κ3) is 3.63. The topological polar surface area (TPSA) is 94.5 Å². The molecule has 3 rings (SSSR count). The van der Waals surface area contributed by atoms with Gasteiger partial charge >= 0.3 is 0 Å². The number of carbonyl (C=O) groups excluding carboxylic acids is 1. The number of aromatic nitrogens is 1. The van der Waals surface area contributed by atoms with Crippen LogP contribution in [0.25, 0.3) is 10.9 Å². The van der Waals surface area contributed by atoms with Crippen molar-refractivity contribution in [3.8, 4) is 5.75 Å². The number of halogens is 1. The van der Waals surface area contributed by atoms with Gasteiger partial charge in [0.05, 0.1) is 17.6 Å². The molecule has 2 aromatic rings. The van der Waals surface area contributed by atoms with Crippen LogP contribution in [0.5, 0.6) is 5.75 Å². The van der Waals surface area contributed by atoms with Gasteiger partial charge < -0.3 is 25.1 Å². The molecule has 1 fully saturated rings. The molecule has 140 valence electrons. The van der Waals surface area contributed by atoms with E-state index in [9.17, 15) is 15.0 Å². The van der Waals surface area contributed by atoms with Crippen LogP contribution >= 0.6 is 11.6 Å². The van der Waals surface area contributed by atoms with Crippen LogP contribution < -0.4 is 15.2 Å². The average Bonchev–Trinajstić information content (AvgIpc) is 2.66. The summed E-state index contributed by atoms with van der Waals surface area (Å²) in [7, 11) is 1.59. The Balaban J connectivity index is 2.15. The van der Waals surface area contributed by atoms with Gasteiger partial charge in [0.1, 0.15) is 5.75 Å². The molecule has 1 aliphatic rings. The molecule has 26 heavy (non-hydrogen) atoms. The van der Waals surface area contributed by atoms with Crippen LogP contribution in [0.4, 0.5) is 0 Å². The summed E-state index contributed by atoms with van der Waals surface area (Å²) in [5.41, 5.74) is 1.58. The van der Waals surface area contributed by atoms with Gasteiger partial charge in [0, 0.05) is 36.6 Å². The molecule has 0 saturated carbocycles. The molecule has 0 bridgehead atoms. The molecule has 2 N–H and O–H groups in total. The van der Waals surface area contributed by atoms with Gasteiger partial charge in [-0.1, -0.05) is 11.6 Å². The van der Waals surface area contributed by atoms with Crippen molar-refractivity contribution in [1.82, 2.24) is 10.3 Å². The van der Waals surface area contributed by atoms with Crippen molar-refractivity contribution in [2.24, 2.45) is 11.8 Å². The quantitative estimate of drug-likeness (QED) is 0.788. The Hall–Kier alpha value is -1.89. The zero-order valence-corrected chi connectivity index (χ0v) is 15.3. The molecule has 1 saturated heterocycles. The van der Waals surface area contributed by atoms with Gasteiger partial charge in [0.2, 0.25) is 0 Å². The maximum Gasteiger partial charge on any atom is 0.119 e. The number of aliphatic hydroxyl groups is 1. The Bertz CT molecular complexity index is 798. The van der Waals surface area contributed by atoms with Crippen LogP contribution in [0.15, 0.2) is 24.4 Å². The highest BCUT2D eigenvalue weighted by Gasteiger charge is 2.35. The second-order valence-corrected chi connectivity index (χ2v) is 7.01. The van der Waals surface area contributed by atoms with Crippen molar-refractivity contribution in [2.75, 3.05) is 26.8 Å². The number of rotatable bonds is 6. The lowest BCUT2D eigenvalue weighted by Gasteiger charge is -2.39. The Kier molecular flexibility index (Phi) is 5.96. The second kappa shape index (κ2) is 8.20. The van der Waals surface area contributed by atoms with Gasteiger partial charge in [-0.15, -0.1) is 0 Å². The van der Waals surface area contributed by atoms with Crippen LogP contribution in [0.1, 0.15) is 24.3 Å². The number of carboxylic acid groups (broad SMARTS) is 1. The third-order valence-electron chi connectivity index (χ3n) is 5.23. The van der Waals surface area contributed by atoms with Crippen LogP contribution in [0.3, 0.4) is 0 Å². The summed E-state index contributed by atoms with van der Waals surface area (Å²) in [6.45, 7) is 1.03. The van der Waals surface area contributed by atoms with Gasteiger partial charge in [0.25, 0.3) is 0 Å². The van der Waals surface area contributed by atoms with E-state index in [2.05, 4.69) is 10.3 Å². The number of piperidine rings is 1. The van der Waals surface area contributed by atoms with E-state index in [1.807, 2.05) is 18.2 Å². The highest BCUT2D eigenvalue weighted by atomic mass is 35.5. The Morgan fingerprint density at radius 2 is 2.35 bits per heavy atom. The molecule has 6 nitrogen and oxygen atoms in total. The minimum Gasteiger partial charge on any atom is -0.550 e. The minimum atomic E-state index is -1.07. The summed E-state index contributed by atoms with van der Waals surface area (Å²) in [4.78, 5) is 16.0. The zero-order valence-electron chi connectivity index (χ0n) is 14.6. The Labute approximate surface area is 157 Å². The molecule has 0 aliphatic carbocycles. The van der Waals surface area contributed by atoms with Crippen molar-refractivity contribution < 1.29 is 19.7 Å². The van der Waals surface area contributed by atoms with Crippen molar-refractivity contribution in [3.05, 3.63) is 35.0 Å². The van der Waals surface area contributed by atoms with E-state index in [0.717, 1.165) is 23.0 Å². The average molecular weight is 378 g/mol. The molecule has 3 atom stereocenters. The smallest absolute Gasteiger partial charge is 0.119 e. The number of fused-ring (bicyclic) bond motifs is 1. The number of carboxylic acids is 1. The van der Waals surface area contributed by atoms with Crippen LogP contribution in [-0.2, 0) is 4.79 Å². The number of nitrogens with one attached hydrogen (secondary N) is 1. The SMILES string of the molecule is COc1ccc2ncc(Cl)c(C(CCO)C3CCNCC3C(=O)[O-])c2c1. The minimum absolute atomic E-state index is 0.0571. The van der Waals surface area contributed by atoms with E-state index < -0.39 is 11.9 Å². The molecule has 1 aromatic carbocycles. The first-order valence-corrected chi connectivity index (χ1v) is 9.09. The summed E-state index contributed by atoms with van der Waals surface area (Å²) in [6, 6.07) is 5.54. The molecule has 1 aliphatic heterocycles. The molecule has 0 spiro atoms. The van der Waals surface area contributed by atoms with Crippen molar-refractivity contribution in [2.45, 2.75) is 18.8 Å². The lowest BCUT2D eigenvalue weighted by atomic mass is 9.72. The largest absolute Gasteiger partial charge is 0.550 e. The number of carbonyl (C=O) groups is 1. The van der Waals surface area contributed by atoms with Gasteiger partial charge in [-0.05, 0) is 55.0 Å². The number of methoxy groups -OCH3 is 1. The standard InChI is InChI=1S/C19H23ClN2O4/c1-26-11-2-3-17-14(8-11)18(16(20)10-22-17)13(5-7-23)12-4-6-21-9-15(12)19(24)25/h2-3,8,10,12-13,15,21,23H,4-7,9H2,1H3,(H,24,25)/p-1. The molecule has 2 heterocycles. The predicted octanol–water partition coefficient (Wildman–Crippen LogP) is 1.34. The molecule has 3 unspecified atom stereocenters. The fourth-order valence-corrected chi connectivity index (χ4v) is 4.29. The third-order valence-corrected chi connectivity index (χ3v) is 5.54. The monoisotopic (exact) mass is 377 g/mol. The molecule has 7 heteroatoms. The van der Waals surface area contributed by atoms with E-state index in [4.69, 9.17) is 16.3 Å².